The molecule has 2 aromatic rings. The molecule has 7 heteroatoms. The van der Waals surface area contributed by atoms with E-state index in [-0.39, 0.29) is 12.1 Å². The number of benzene rings is 2. The highest BCUT2D eigenvalue weighted by atomic mass is 19.4. The van der Waals surface area contributed by atoms with Crippen molar-refractivity contribution in [3.8, 4) is 5.75 Å². The minimum atomic E-state index is -4.96. The molecule has 0 aromatic heterocycles. The van der Waals surface area contributed by atoms with Crippen molar-refractivity contribution < 1.29 is 27.4 Å². The summed E-state index contributed by atoms with van der Waals surface area (Å²) in [7, 11) is 0. The van der Waals surface area contributed by atoms with Gasteiger partial charge in [-0.05, 0) is 48.9 Å². The molecule has 2 aliphatic rings. The normalized spacial score (nSPS) is 27.6. The molecule has 2 unspecified atom stereocenters. The summed E-state index contributed by atoms with van der Waals surface area (Å²) >= 11 is 0. The molecule has 0 radical (unpaired) electrons. The van der Waals surface area contributed by atoms with Gasteiger partial charge in [-0.3, -0.25) is 4.90 Å². The van der Waals surface area contributed by atoms with Crippen LogP contribution in [0.4, 0.5) is 17.6 Å². The Labute approximate surface area is 166 Å². The fourth-order valence-electron chi connectivity index (χ4n) is 4.81. The Balaban J connectivity index is 1.55. The predicted octanol–water partition coefficient (Wildman–Crippen LogP) is 5.13. The monoisotopic (exact) mass is 409 g/mol. The van der Waals surface area contributed by atoms with Crippen LogP contribution < -0.4 is 4.74 Å². The standard InChI is InChI=1S/C22H23F4NO2/c23-19-11-16(9-10-20(19)29-22(24,25)26)21(28)12-17-7-4-8-18(13-21)27(17)14-15-5-2-1-3-6-15/h1-3,5-6,9-11,17-18,28H,4,7-8,12-14H2. The number of rotatable bonds is 4. The number of nitrogens with zero attached hydrogens (tertiary/aromatic N) is 1. The topological polar surface area (TPSA) is 32.7 Å². The number of hydrogen-bond acceptors (Lipinski definition) is 3. The van der Waals surface area contributed by atoms with Crippen LogP contribution in [0.1, 0.15) is 43.2 Å². The van der Waals surface area contributed by atoms with Crippen molar-refractivity contribution in [3.05, 3.63) is 65.5 Å². The van der Waals surface area contributed by atoms with Gasteiger partial charge in [-0.15, -0.1) is 13.2 Å². The molecule has 0 spiro atoms. The van der Waals surface area contributed by atoms with Gasteiger partial charge >= 0.3 is 6.36 Å². The van der Waals surface area contributed by atoms with Crippen LogP contribution in [0.15, 0.2) is 48.5 Å². The lowest BCUT2D eigenvalue weighted by Gasteiger charge is -2.52. The summed E-state index contributed by atoms with van der Waals surface area (Å²) in [4.78, 5) is 2.41. The molecular formula is C22H23F4NO2. The average Bonchev–Trinajstić information content (AvgIpc) is 2.64. The second-order valence-electron chi connectivity index (χ2n) is 8.03. The van der Waals surface area contributed by atoms with Crippen molar-refractivity contribution in [2.45, 2.75) is 62.7 Å². The van der Waals surface area contributed by atoms with Crippen molar-refractivity contribution in [2.75, 3.05) is 0 Å². The molecule has 1 N–H and O–H groups in total. The fraction of sp³-hybridized carbons (Fsp3) is 0.455. The molecule has 2 fully saturated rings. The lowest BCUT2D eigenvalue weighted by Crippen LogP contribution is -2.56. The zero-order chi connectivity index (χ0) is 20.6. The minimum absolute atomic E-state index is 0.141. The molecule has 0 saturated carbocycles. The summed E-state index contributed by atoms with van der Waals surface area (Å²) in [5.74, 6) is -2.00. The molecule has 2 bridgehead atoms. The highest BCUT2D eigenvalue weighted by molar-refractivity contribution is 5.34. The summed E-state index contributed by atoms with van der Waals surface area (Å²) < 4.78 is 55.1. The summed E-state index contributed by atoms with van der Waals surface area (Å²) in [6.45, 7) is 0.791. The largest absolute Gasteiger partial charge is 0.573 e. The van der Waals surface area contributed by atoms with E-state index < -0.39 is 23.5 Å². The molecule has 2 saturated heterocycles. The zero-order valence-corrected chi connectivity index (χ0v) is 15.8. The quantitative estimate of drug-likeness (QED) is 0.711. The van der Waals surface area contributed by atoms with Crippen molar-refractivity contribution in [3.63, 3.8) is 0 Å². The number of aliphatic hydroxyl groups is 1. The molecule has 2 heterocycles. The molecule has 156 valence electrons. The lowest BCUT2D eigenvalue weighted by atomic mass is 9.72. The second kappa shape index (κ2) is 7.61. The lowest BCUT2D eigenvalue weighted by molar-refractivity contribution is -0.275. The smallest absolute Gasteiger partial charge is 0.403 e. The molecule has 4 rings (SSSR count). The van der Waals surface area contributed by atoms with Crippen molar-refractivity contribution in [1.82, 2.24) is 4.90 Å². The van der Waals surface area contributed by atoms with Gasteiger partial charge in [0.05, 0.1) is 5.60 Å². The molecular weight excluding hydrogens is 386 g/mol. The van der Waals surface area contributed by atoms with E-state index in [4.69, 9.17) is 0 Å². The van der Waals surface area contributed by atoms with E-state index >= 15 is 0 Å². The summed E-state index contributed by atoms with van der Waals surface area (Å²) in [5, 5.41) is 11.3. The minimum Gasteiger partial charge on any atom is -0.403 e. The van der Waals surface area contributed by atoms with E-state index in [2.05, 4.69) is 21.8 Å². The zero-order valence-electron chi connectivity index (χ0n) is 15.8. The van der Waals surface area contributed by atoms with Crippen LogP contribution in [0.3, 0.4) is 0 Å². The van der Waals surface area contributed by atoms with Crippen LogP contribution in [-0.2, 0) is 12.1 Å². The van der Waals surface area contributed by atoms with Gasteiger partial charge in [-0.25, -0.2) is 4.39 Å². The van der Waals surface area contributed by atoms with Gasteiger partial charge in [0.15, 0.2) is 11.6 Å². The molecule has 29 heavy (non-hydrogen) atoms. The third-order valence-electron chi connectivity index (χ3n) is 6.06. The molecule has 0 amide bonds. The maximum atomic E-state index is 14.2. The van der Waals surface area contributed by atoms with Crippen LogP contribution in [0, 0.1) is 5.82 Å². The third-order valence-corrected chi connectivity index (χ3v) is 6.06. The first-order valence-electron chi connectivity index (χ1n) is 9.81. The van der Waals surface area contributed by atoms with Gasteiger partial charge in [0.2, 0.25) is 0 Å². The van der Waals surface area contributed by atoms with Gasteiger partial charge in [0.25, 0.3) is 0 Å². The average molecular weight is 409 g/mol. The summed E-state index contributed by atoms with van der Waals surface area (Å²) in [5.41, 5.74) is 0.246. The van der Waals surface area contributed by atoms with E-state index in [1.54, 1.807) is 0 Å². The first-order chi connectivity index (χ1) is 13.7. The third kappa shape index (κ3) is 4.41. The molecule has 2 aliphatic heterocycles. The van der Waals surface area contributed by atoms with Crippen LogP contribution in [0.5, 0.6) is 5.75 Å². The molecule has 2 atom stereocenters. The Morgan fingerprint density at radius 1 is 1.03 bits per heavy atom. The Morgan fingerprint density at radius 2 is 1.69 bits per heavy atom. The Morgan fingerprint density at radius 3 is 2.28 bits per heavy atom. The Hall–Kier alpha value is -2.12. The summed E-state index contributed by atoms with van der Waals surface area (Å²) in [6.07, 6.45) is -1.17. The van der Waals surface area contributed by atoms with Crippen LogP contribution in [-0.4, -0.2) is 28.5 Å². The van der Waals surface area contributed by atoms with E-state index in [1.807, 2.05) is 18.2 Å². The number of ether oxygens (including phenoxy) is 1. The Kier molecular flexibility index (Phi) is 5.29. The SMILES string of the molecule is OC1(c2ccc(OC(F)(F)F)c(F)c2)CC2CCCC(C1)N2Cc1ccccc1. The van der Waals surface area contributed by atoms with Crippen LogP contribution in [0.2, 0.25) is 0 Å². The van der Waals surface area contributed by atoms with E-state index in [0.717, 1.165) is 37.9 Å². The molecule has 2 aromatic carbocycles. The van der Waals surface area contributed by atoms with Crippen molar-refractivity contribution >= 4 is 0 Å². The number of fused-ring (bicyclic) bond motifs is 2. The van der Waals surface area contributed by atoms with Gasteiger partial charge < -0.3 is 9.84 Å². The van der Waals surface area contributed by atoms with E-state index in [9.17, 15) is 22.7 Å². The first-order valence-corrected chi connectivity index (χ1v) is 9.81. The van der Waals surface area contributed by atoms with E-state index in [1.165, 1.54) is 11.6 Å². The number of alkyl halides is 3. The van der Waals surface area contributed by atoms with Gasteiger partial charge in [-0.1, -0.05) is 42.8 Å². The van der Waals surface area contributed by atoms with Crippen molar-refractivity contribution in [1.29, 1.82) is 0 Å². The maximum Gasteiger partial charge on any atom is 0.573 e. The Bertz CT molecular complexity index is 842. The number of piperidine rings is 2. The van der Waals surface area contributed by atoms with Gasteiger partial charge in [0, 0.05) is 18.6 Å². The van der Waals surface area contributed by atoms with Crippen molar-refractivity contribution in [2.24, 2.45) is 0 Å². The highest BCUT2D eigenvalue weighted by Gasteiger charge is 2.46. The second-order valence-corrected chi connectivity index (χ2v) is 8.03. The number of hydrogen-bond donors (Lipinski definition) is 1. The predicted molar refractivity (Wildman–Crippen MR) is 99.6 cm³/mol. The molecule has 3 nitrogen and oxygen atoms in total. The number of halogens is 4. The van der Waals surface area contributed by atoms with Crippen LogP contribution >= 0.6 is 0 Å². The maximum absolute atomic E-state index is 14.2. The van der Waals surface area contributed by atoms with Crippen LogP contribution in [0.25, 0.3) is 0 Å². The van der Waals surface area contributed by atoms with Gasteiger partial charge in [-0.2, -0.15) is 0 Å². The fourth-order valence-corrected chi connectivity index (χ4v) is 4.81. The molecule has 0 aliphatic carbocycles. The highest BCUT2D eigenvalue weighted by Crippen LogP contribution is 2.45. The van der Waals surface area contributed by atoms with E-state index in [0.29, 0.717) is 18.4 Å². The van der Waals surface area contributed by atoms with Gasteiger partial charge in [0.1, 0.15) is 0 Å². The summed E-state index contributed by atoms with van der Waals surface area (Å²) in [6, 6.07) is 13.7. The first kappa shape index (κ1) is 20.2.